The van der Waals surface area contributed by atoms with Gasteiger partial charge in [-0.3, -0.25) is 4.72 Å². The van der Waals surface area contributed by atoms with Crippen LogP contribution in [0, 0.1) is 5.95 Å². The van der Waals surface area contributed by atoms with Gasteiger partial charge in [-0.05, 0) is 24.3 Å². The summed E-state index contributed by atoms with van der Waals surface area (Å²) in [6.45, 7) is 0. The van der Waals surface area contributed by atoms with E-state index in [4.69, 9.17) is 11.6 Å². The maximum absolute atomic E-state index is 12.9. The fourth-order valence-electron chi connectivity index (χ4n) is 1.32. The minimum atomic E-state index is -3.87. The molecule has 0 amide bonds. The summed E-state index contributed by atoms with van der Waals surface area (Å²) in [5, 5.41) is 0.0846. The predicted octanol–water partition coefficient (Wildman–Crippen LogP) is 2.67. The fraction of sp³-hybridized carbons (Fsp3) is 0. The number of benzene rings is 1. The maximum Gasteiger partial charge on any atom is 0.264 e. The number of hydrogen-bond donors (Lipinski definition) is 1. The van der Waals surface area contributed by atoms with Crippen molar-refractivity contribution < 1.29 is 12.8 Å². The highest BCUT2D eigenvalue weighted by Gasteiger charge is 2.17. The zero-order valence-electron chi connectivity index (χ0n) is 8.97. The van der Waals surface area contributed by atoms with Crippen LogP contribution in [0.15, 0.2) is 47.4 Å². The van der Waals surface area contributed by atoms with Crippen molar-refractivity contribution in [1.82, 2.24) is 4.98 Å². The molecule has 0 radical (unpaired) electrons. The second-order valence-electron chi connectivity index (χ2n) is 3.38. The van der Waals surface area contributed by atoms with Gasteiger partial charge in [-0.1, -0.05) is 29.8 Å². The summed E-state index contributed by atoms with van der Waals surface area (Å²) >= 11 is 5.79. The van der Waals surface area contributed by atoms with Crippen molar-refractivity contribution in [3.05, 3.63) is 53.4 Å². The van der Waals surface area contributed by atoms with Gasteiger partial charge in [0.1, 0.15) is 10.7 Å². The van der Waals surface area contributed by atoms with Crippen LogP contribution in [-0.4, -0.2) is 13.4 Å². The maximum atomic E-state index is 12.9. The first kappa shape index (κ1) is 12.8. The number of nitrogens with zero attached hydrogens (tertiary/aromatic N) is 1. The van der Waals surface area contributed by atoms with Crippen LogP contribution in [0.4, 0.5) is 10.2 Å². The standard InChI is InChI=1S/C11H8ClFN2O2S/c12-8-4-1-2-5-9(8)18(16,17)15-11-7-3-6-10(13)14-11/h1-7H,(H,14,15). The first-order valence-electron chi connectivity index (χ1n) is 4.89. The molecule has 2 rings (SSSR count). The number of rotatable bonds is 3. The summed E-state index contributed by atoms with van der Waals surface area (Å²) in [4.78, 5) is 3.33. The first-order chi connectivity index (χ1) is 8.49. The normalized spacial score (nSPS) is 11.2. The third-order valence-electron chi connectivity index (χ3n) is 2.08. The van der Waals surface area contributed by atoms with Crippen molar-refractivity contribution in [2.24, 2.45) is 0 Å². The molecule has 0 aliphatic carbocycles. The van der Waals surface area contributed by atoms with Gasteiger partial charge < -0.3 is 0 Å². The molecule has 0 fully saturated rings. The van der Waals surface area contributed by atoms with E-state index in [0.29, 0.717) is 0 Å². The van der Waals surface area contributed by atoms with Gasteiger partial charge in [0.05, 0.1) is 5.02 Å². The Labute approximate surface area is 108 Å². The molecule has 0 unspecified atom stereocenters. The van der Waals surface area contributed by atoms with E-state index < -0.39 is 16.0 Å². The number of anilines is 1. The van der Waals surface area contributed by atoms with Gasteiger partial charge in [0.2, 0.25) is 5.95 Å². The third-order valence-corrected chi connectivity index (χ3v) is 3.93. The Bertz CT molecular complexity index is 676. The zero-order chi connectivity index (χ0) is 13.2. The highest BCUT2D eigenvalue weighted by Crippen LogP contribution is 2.22. The van der Waals surface area contributed by atoms with E-state index in [1.807, 2.05) is 0 Å². The van der Waals surface area contributed by atoms with Crippen molar-refractivity contribution in [2.45, 2.75) is 4.90 Å². The molecule has 0 spiro atoms. The molecule has 0 saturated carbocycles. The van der Waals surface area contributed by atoms with E-state index in [9.17, 15) is 12.8 Å². The molecule has 7 heteroatoms. The lowest BCUT2D eigenvalue weighted by Crippen LogP contribution is -2.14. The molecular formula is C11H8ClFN2O2S. The van der Waals surface area contributed by atoms with Crippen LogP contribution in [0.5, 0.6) is 0 Å². The minimum Gasteiger partial charge on any atom is -0.263 e. The van der Waals surface area contributed by atoms with Crippen LogP contribution in [0.2, 0.25) is 5.02 Å². The molecule has 0 aliphatic heterocycles. The molecule has 2 aromatic rings. The van der Waals surface area contributed by atoms with E-state index in [1.165, 1.54) is 24.3 Å². The summed E-state index contributed by atoms with van der Waals surface area (Å²) < 4.78 is 39.0. The van der Waals surface area contributed by atoms with Crippen LogP contribution in [-0.2, 0) is 10.0 Å². The molecule has 1 heterocycles. The highest BCUT2D eigenvalue weighted by atomic mass is 35.5. The second kappa shape index (κ2) is 4.91. The quantitative estimate of drug-likeness (QED) is 0.883. The zero-order valence-corrected chi connectivity index (χ0v) is 10.5. The lowest BCUT2D eigenvalue weighted by molar-refractivity contribution is 0.584. The van der Waals surface area contributed by atoms with Crippen molar-refractivity contribution in [3.8, 4) is 0 Å². The van der Waals surface area contributed by atoms with Crippen LogP contribution < -0.4 is 4.72 Å². The summed E-state index contributed by atoms with van der Waals surface area (Å²) in [6.07, 6.45) is 0. The monoisotopic (exact) mass is 286 g/mol. The molecule has 94 valence electrons. The van der Waals surface area contributed by atoms with Crippen molar-refractivity contribution >= 4 is 27.4 Å². The summed E-state index contributed by atoms with van der Waals surface area (Å²) in [6, 6.07) is 9.78. The first-order valence-corrected chi connectivity index (χ1v) is 6.75. The minimum absolute atomic E-state index is 0.0846. The van der Waals surface area contributed by atoms with Gasteiger partial charge in [-0.15, -0.1) is 0 Å². The summed E-state index contributed by atoms with van der Waals surface area (Å²) in [7, 11) is -3.87. The van der Waals surface area contributed by atoms with Gasteiger partial charge in [-0.25, -0.2) is 13.4 Å². The van der Waals surface area contributed by atoms with Crippen molar-refractivity contribution in [1.29, 1.82) is 0 Å². The van der Waals surface area contributed by atoms with Gasteiger partial charge in [0, 0.05) is 0 Å². The Morgan fingerprint density at radius 3 is 2.50 bits per heavy atom. The topological polar surface area (TPSA) is 59.1 Å². The Morgan fingerprint density at radius 1 is 1.11 bits per heavy atom. The van der Waals surface area contributed by atoms with Crippen molar-refractivity contribution in [2.75, 3.05) is 4.72 Å². The second-order valence-corrected chi connectivity index (χ2v) is 5.44. The average Bonchev–Trinajstić information content (AvgIpc) is 2.28. The SMILES string of the molecule is O=S(=O)(Nc1cccc(F)n1)c1ccccc1Cl. The Hall–Kier alpha value is -1.66. The Kier molecular flexibility index (Phi) is 3.49. The van der Waals surface area contributed by atoms with Crippen molar-refractivity contribution in [3.63, 3.8) is 0 Å². The van der Waals surface area contributed by atoms with E-state index >= 15 is 0 Å². The molecule has 18 heavy (non-hydrogen) atoms. The smallest absolute Gasteiger partial charge is 0.263 e. The molecule has 1 aromatic heterocycles. The Balaban J connectivity index is 2.37. The molecule has 0 atom stereocenters. The van der Waals surface area contributed by atoms with Crippen LogP contribution >= 0.6 is 11.6 Å². The summed E-state index contributed by atoms with van der Waals surface area (Å²) in [5.41, 5.74) is 0. The molecule has 1 aromatic carbocycles. The van der Waals surface area contributed by atoms with Crippen LogP contribution in [0.1, 0.15) is 0 Å². The number of sulfonamides is 1. The Morgan fingerprint density at radius 2 is 1.83 bits per heavy atom. The lowest BCUT2D eigenvalue weighted by atomic mass is 10.4. The van der Waals surface area contributed by atoms with E-state index in [-0.39, 0.29) is 15.7 Å². The van der Waals surface area contributed by atoms with E-state index in [2.05, 4.69) is 9.71 Å². The molecule has 4 nitrogen and oxygen atoms in total. The van der Waals surface area contributed by atoms with E-state index in [1.54, 1.807) is 12.1 Å². The lowest BCUT2D eigenvalue weighted by Gasteiger charge is -2.08. The summed E-state index contributed by atoms with van der Waals surface area (Å²) in [5.74, 6) is -0.871. The number of nitrogens with one attached hydrogen (secondary N) is 1. The third kappa shape index (κ3) is 2.77. The molecule has 0 saturated heterocycles. The molecule has 0 bridgehead atoms. The average molecular weight is 287 g/mol. The van der Waals surface area contributed by atoms with Gasteiger partial charge in [0.25, 0.3) is 10.0 Å². The highest BCUT2D eigenvalue weighted by molar-refractivity contribution is 7.92. The van der Waals surface area contributed by atoms with Gasteiger partial charge in [-0.2, -0.15) is 4.39 Å². The number of pyridine rings is 1. The van der Waals surface area contributed by atoms with E-state index in [0.717, 1.165) is 6.07 Å². The number of hydrogen-bond acceptors (Lipinski definition) is 3. The largest absolute Gasteiger partial charge is 0.264 e. The molecular weight excluding hydrogens is 279 g/mol. The molecule has 0 aliphatic rings. The van der Waals surface area contributed by atoms with Crippen LogP contribution in [0.25, 0.3) is 0 Å². The predicted molar refractivity (Wildman–Crippen MR) is 66.5 cm³/mol. The fourth-order valence-corrected chi connectivity index (χ4v) is 2.84. The molecule has 1 N–H and O–H groups in total. The van der Waals surface area contributed by atoms with Gasteiger partial charge >= 0.3 is 0 Å². The number of halogens is 2. The van der Waals surface area contributed by atoms with Gasteiger partial charge in [0.15, 0.2) is 0 Å². The number of aromatic nitrogens is 1. The van der Waals surface area contributed by atoms with Crippen LogP contribution in [0.3, 0.4) is 0 Å².